The van der Waals surface area contributed by atoms with Gasteiger partial charge in [-0.3, -0.25) is 24.2 Å². The molecule has 0 spiro atoms. The second-order valence-electron chi connectivity index (χ2n) is 10.7. The molecule has 2 saturated heterocycles. The number of fused-ring (bicyclic) bond motifs is 1. The first kappa shape index (κ1) is 27.0. The molecule has 0 aromatic heterocycles. The van der Waals surface area contributed by atoms with E-state index in [1.54, 1.807) is 4.90 Å². The van der Waals surface area contributed by atoms with Crippen LogP contribution in [0.1, 0.15) is 37.3 Å². The molecule has 0 unspecified atom stereocenters. The summed E-state index contributed by atoms with van der Waals surface area (Å²) in [4.78, 5) is 44.8. The topological polar surface area (TPSA) is 103 Å². The van der Waals surface area contributed by atoms with Crippen molar-refractivity contribution >= 4 is 23.4 Å². The van der Waals surface area contributed by atoms with E-state index >= 15 is 0 Å². The second kappa shape index (κ2) is 12.0. The van der Waals surface area contributed by atoms with E-state index in [0.29, 0.717) is 24.7 Å². The van der Waals surface area contributed by atoms with Crippen molar-refractivity contribution in [2.45, 2.75) is 38.8 Å². The smallest absolute Gasteiger partial charge is 0.243 e. The summed E-state index contributed by atoms with van der Waals surface area (Å²) < 4.78 is 10.9. The summed E-state index contributed by atoms with van der Waals surface area (Å²) in [5.74, 6) is 1.28. The minimum atomic E-state index is -0.812. The van der Waals surface area contributed by atoms with Gasteiger partial charge in [-0.2, -0.15) is 0 Å². The molecule has 1 atom stereocenters. The third-order valence-electron chi connectivity index (χ3n) is 7.56. The van der Waals surface area contributed by atoms with Gasteiger partial charge in [0.1, 0.15) is 6.04 Å². The van der Waals surface area contributed by atoms with Crippen LogP contribution in [0.3, 0.4) is 0 Å². The van der Waals surface area contributed by atoms with Crippen molar-refractivity contribution in [1.82, 2.24) is 20.0 Å². The van der Waals surface area contributed by atoms with Crippen LogP contribution in [0, 0.1) is 0 Å². The summed E-state index contributed by atoms with van der Waals surface area (Å²) >= 11 is 0. The molecule has 208 valence electrons. The van der Waals surface area contributed by atoms with Crippen molar-refractivity contribution in [3.8, 4) is 11.5 Å². The Labute approximate surface area is 229 Å². The number of benzene rings is 2. The minimum absolute atomic E-state index is 0.0766. The number of nitrogens with zero attached hydrogens (tertiary/aromatic N) is 3. The third kappa shape index (κ3) is 6.69. The molecule has 3 amide bonds. The van der Waals surface area contributed by atoms with E-state index in [1.807, 2.05) is 36.4 Å². The molecule has 3 aliphatic heterocycles. The summed E-state index contributed by atoms with van der Waals surface area (Å²) in [6.07, 6.45) is -0.0766. The highest BCUT2D eigenvalue weighted by molar-refractivity contribution is 5.97. The molecule has 0 aliphatic carbocycles. The van der Waals surface area contributed by atoms with Crippen molar-refractivity contribution in [2.75, 3.05) is 57.9 Å². The largest absolute Gasteiger partial charge is 0.454 e. The lowest BCUT2D eigenvalue weighted by atomic mass is 10.0. The van der Waals surface area contributed by atoms with E-state index in [9.17, 15) is 14.4 Å². The van der Waals surface area contributed by atoms with Gasteiger partial charge >= 0.3 is 0 Å². The van der Waals surface area contributed by atoms with Crippen molar-refractivity contribution < 1.29 is 23.9 Å². The highest BCUT2D eigenvalue weighted by Crippen LogP contribution is 2.32. The molecule has 2 N–H and O–H groups in total. The van der Waals surface area contributed by atoms with Crippen molar-refractivity contribution in [3.05, 3.63) is 53.6 Å². The van der Waals surface area contributed by atoms with Gasteiger partial charge < -0.3 is 25.0 Å². The van der Waals surface area contributed by atoms with Crippen molar-refractivity contribution in [1.29, 1.82) is 0 Å². The van der Waals surface area contributed by atoms with Gasteiger partial charge in [0.05, 0.1) is 13.0 Å². The van der Waals surface area contributed by atoms with Gasteiger partial charge in [0.15, 0.2) is 11.5 Å². The maximum Gasteiger partial charge on any atom is 0.243 e. The Morgan fingerprint density at radius 3 is 2.44 bits per heavy atom. The molecular weight excluding hydrogens is 498 g/mol. The monoisotopic (exact) mass is 535 g/mol. The lowest BCUT2D eigenvalue weighted by Crippen LogP contribution is -2.60. The molecule has 3 aliphatic rings. The number of hydrogen-bond acceptors (Lipinski definition) is 7. The van der Waals surface area contributed by atoms with Gasteiger partial charge in [-0.25, -0.2) is 0 Å². The van der Waals surface area contributed by atoms with Crippen LogP contribution in [0.15, 0.2) is 42.5 Å². The number of anilines is 1. The van der Waals surface area contributed by atoms with Crippen molar-refractivity contribution in [3.63, 3.8) is 0 Å². The lowest BCUT2D eigenvalue weighted by Gasteiger charge is -2.38. The first-order valence-electron chi connectivity index (χ1n) is 13.7. The number of hydrogen-bond donors (Lipinski definition) is 2. The molecule has 10 nitrogen and oxygen atoms in total. The minimum Gasteiger partial charge on any atom is -0.454 e. The van der Waals surface area contributed by atoms with Gasteiger partial charge in [-0.15, -0.1) is 0 Å². The summed E-state index contributed by atoms with van der Waals surface area (Å²) in [6, 6.07) is 12.9. The predicted molar refractivity (Wildman–Crippen MR) is 147 cm³/mol. The molecule has 0 radical (unpaired) electrons. The maximum absolute atomic E-state index is 13.3. The van der Waals surface area contributed by atoms with Crippen LogP contribution < -0.4 is 20.1 Å². The number of carbonyl (C=O) groups excluding carboxylic acids is 3. The highest BCUT2D eigenvalue weighted by atomic mass is 16.7. The fourth-order valence-electron chi connectivity index (χ4n) is 5.24. The number of ether oxygens (including phenoxy) is 2. The fourth-order valence-corrected chi connectivity index (χ4v) is 5.24. The molecule has 0 saturated carbocycles. The molecule has 0 bridgehead atoms. The van der Waals surface area contributed by atoms with Crippen LogP contribution in [0.25, 0.3) is 0 Å². The zero-order valence-electron chi connectivity index (χ0n) is 22.7. The molecule has 5 rings (SSSR count). The standard InChI is InChI=1S/C29H37N5O5/c1-20(2)22-4-6-23(7-5-22)31-27(35)16-24-29(37)30-9-10-34(24)28(36)18-33-13-11-32(12-14-33)17-21-3-8-25-26(15-21)39-19-38-25/h3-8,15,20,24H,9-14,16-19H2,1-2H3,(H,30,37)(H,31,35)/t24-/m1/s1. The molecule has 2 aromatic carbocycles. The summed E-state index contributed by atoms with van der Waals surface area (Å²) in [5.41, 5.74) is 3.03. The Bertz CT molecular complexity index is 1190. The van der Waals surface area contributed by atoms with E-state index in [1.165, 1.54) is 11.1 Å². The molecule has 39 heavy (non-hydrogen) atoms. The van der Waals surface area contributed by atoms with Crippen LogP contribution in [-0.2, 0) is 20.9 Å². The predicted octanol–water partition coefficient (Wildman–Crippen LogP) is 2.01. The average Bonchev–Trinajstić information content (AvgIpc) is 3.39. The fraction of sp³-hybridized carbons (Fsp3) is 0.483. The number of rotatable bonds is 8. The number of piperazine rings is 2. The number of carbonyl (C=O) groups is 3. The van der Waals surface area contributed by atoms with Crippen LogP contribution in [0.2, 0.25) is 0 Å². The summed E-state index contributed by atoms with van der Waals surface area (Å²) in [6.45, 7) is 9.52. The second-order valence-corrected chi connectivity index (χ2v) is 10.7. The summed E-state index contributed by atoms with van der Waals surface area (Å²) in [7, 11) is 0. The molecule has 3 heterocycles. The number of amides is 3. The zero-order chi connectivity index (χ0) is 27.4. The van der Waals surface area contributed by atoms with Gasteiger partial charge in [-0.1, -0.05) is 32.0 Å². The SMILES string of the molecule is CC(C)c1ccc(NC(=O)C[C@@H]2C(=O)NCCN2C(=O)CN2CCN(Cc3ccc4c(c3)OCO4)CC2)cc1. The Morgan fingerprint density at radius 1 is 0.974 bits per heavy atom. The zero-order valence-corrected chi connectivity index (χ0v) is 22.7. The van der Waals surface area contributed by atoms with Gasteiger partial charge in [-0.05, 0) is 41.3 Å². The van der Waals surface area contributed by atoms with Gasteiger partial charge in [0, 0.05) is 51.5 Å². The van der Waals surface area contributed by atoms with Crippen LogP contribution in [-0.4, -0.2) is 91.1 Å². The molecule has 2 aromatic rings. The Morgan fingerprint density at radius 2 is 1.69 bits per heavy atom. The average molecular weight is 536 g/mol. The van der Waals surface area contributed by atoms with E-state index in [4.69, 9.17) is 9.47 Å². The van der Waals surface area contributed by atoms with E-state index < -0.39 is 6.04 Å². The molecule has 2 fully saturated rings. The van der Waals surface area contributed by atoms with Crippen LogP contribution >= 0.6 is 0 Å². The normalized spacial score (nSPS) is 19.7. The van der Waals surface area contributed by atoms with Crippen molar-refractivity contribution in [2.24, 2.45) is 0 Å². The van der Waals surface area contributed by atoms with E-state index in [0.717, 1.165) is 44.2 Å². The third-order valence-corrected chi connectivity index (χ3v) is 7.56. The van der Waals surface area contributed by atoms with Gasteiger partial charge in [0.2, 0.25) is 24.5 Å². The first-order valence-corrected chi connectivity index (χ1v) is 13.7. The van der Waals surface area contributed by atoms with E-state index in [2.05, 4.69) is 40.3 Å². The molecule has 10 heteroatoms. The number of nitrogens with one attached hydrogen (secondary N) is 2. The Balaban J connectivity index is 1.11. The highest BCUT2D eigenvalue weighted by Gasteiger charge is 2.35. The Hall–Kier alpha value is -3.63. The quantitative estimate of drug-likeness (QED) is 0.533. The summed E-state index contributed by atoms with van der Waals surface area (Å²) in [5, 5.41) is 5.67. The van der Waals surface area contributed by atoms with Crippen LogP contribution in [0.5, 0.6) is 11.5 Å². The Kier molecular flexibility index (Phi) is 8.33. The first-order chi connectivity index (χ1) is 18.9. The molecular formula is C29H37N5O5. The van der Waals surface area contributed by atoms with Gasteiger partial charge in [0.25, 0.3) is 0 Å². The van der Waals surface area contributed by atoms with E-state index in [-0.39, 0.29) is 37.5 Å². The lowest BCUT2D eigenvalue weighted by molar-refractivity contribution is -0.145. The van der Waals surface area contributed by atoms with Crippen LogP contribution in [0.4, 0.5) is 5.69 Å². The maximum atomic E-state index is 13.3.